The van der Waals surface area contributed by atoms with Crippen LogP contribution in [0.25, 0.3) is 0 Å². The molecule has 0 saturated heterocycles. The van der Waals surface area contributed by atoms with Crippen LogP contribution in [0.15, 0.2) is 61.9 Å². The van der Waals surface area contributed by atoms with E-state index in [-0.39, 0.29) is 39.5 Å². The number of esters is 3. The summed E-state index contributed by atoms with van der Waals surface area (Å²) in [5.41, 5.74) is -0.391. The van der Waals surface area contributed by atoms with Gasteiger partial charge in [-0.15, -0.1) is 0 Å². The van der Waals surface area contributed by atoms with Crippen molar-refractivity contribution in [1.29, 1.82) is 0 Å². The number of amides is 1. The van der Waals surface area contributed by atoms with E-state index in [1.54, 1.807) is 12.1 Å². The van der Waals surface area contributed by atoms with Gasteiger partial charge in [-0.05, 0) is 32.5 Å². The fraction of sp³-hybridized carbons (Fsp3) is 0.308. The highest BCUT2D eigenvalue weighted by atomic mass is 16.6. The topological polar surface area (TPSA) is 162 Å². The second-order valence-electron chi connectivity index (χ2n) is 7.81. The van der Waals surface area contributed by atoms with Crippen molar-refractivity contribution >= 4 is 35.6 Å². The van der Waals surface area contributed by atoms with Gasteiger partial charge in [0.2, 0.25) is 11.7 Å². The van der Waals surface area contributed by atoms with Crippen LogP contribution in [0, 0.1) is 0 Å². The van der Waals surface area contributed by atoms with Crippen LogP contribution in [-0.2, 0) is 44.6 Å². The van der Waals surface area contributed by atoms with E-state index in [2.05, 4.69) is 29.8 Å². The summed E-state index contributed by atoms with van der Waals surface area (Å²) in [5.74, 6) is -4.14. The molecular weight excluding hydrogens is 486 g/mol. The average Bonchev–Trinajstić information content (AvgIpc) is 2.81. The van der Waals surface area contributed by atoms with Crippen molar-refractivity contribution in [2.45, 2.75) is 39.2 Å². The minimum atomic E-state index is -1.53. The molecule has 11 nitrogen and oxygen atoms in total. The van der Waals surface area contributed by atoms with Crippen LogP contribution in [0.2, 0.25) is 0 Å². The van der Waals surface area contributed by atoms with E-state index < -0.39 is 41.7 Å². The normalized spacial score (nSPS) is 9.92. The van der Waals surface area contributed by atoms with Crippen molar-refractivity contribution in [2.75, 3.05) is 13.2 Å². The van der Waals surface area contributed by atoms with Crippen molar-refractivity contribution < 1.29 is 50.9 Å². The van der Waals surface area contributed by atoms with Crippen molar-refractivity contribution in [3.8, 4) is 0 Å². The monoisotopic (exact) mass is 521 g/mol. The zero-order chi connectivity index (χ0) is 28.6. The third-order valence-corrected chi connectivity index (χ3v) is 4.17. The summed E-state index contributed by atoms with van der Waals surface area (Å²) >= 11 is 0. The molecule has 1 rings (SSSR count). The van der Waals surface area contributed by atoms with Gasteiger partial charge < -0.3 is 24.6 Å². The van der Waals surface area contributed by atoms with Crippen LogP contribution in [-0.4, -0.2) is 59.5 Å². The third-order valence-electron chi connectivity index (χ3n) is 4.17. The first-order chi connectivity index (χ1) is 17.2. The fourth-order valence-corrected chi connectivity index (χ4v) is 2.36. The summed E-state index contributed by atoms with van der Waals surface area (Å²) < 4.78 is 14.5. The van der Waals surface area contributed by atoms with Crippen LogP contribution >= 0.6 is 0 Å². The zero-order valence-electron chi connectivity index (χ0n) is 21.0. The molecule has 37 heavy (non-hydrogen) atoms. The molecule has 1 amide bonds. The first-order valence-corrected chi connectivity index (χ1v) is 10.8. The lowest BCUT2D eigenvalue weighted by molar-refractivity contribution is -0.161. The molecular formula is C26H35NO10. The van der Waals surface area contributed by atoms with E-state index in [1.807, 2.05) is 0 Å². The van der Waals surface area contributed by atoms with Crippen LogP contribution in [0.5, 0.6) is 0 Å². The predicted molar refractivity (Wildman–Crippen MR) is 136 cm³/mol. The van der Waals surface area contributed by atoms with Gasteiger partial charge in [-0.2, -0.15) is 0 Å². The summed E-state index contributed by atoms with van der Waals surface area (Å²) in [6.45, 7) is 13.6. The zero-order valence-corrected chi connectivity index (χ0v) is 21.0. The first-order valence-electron chi connectivity index (χ1n) is 10.8. The van der Waals surface area contributed by atoms with Gasteiger partial charge >= 0.3 is 23.9 Å². The average molecular weight is 522 g/mol. The highest BCUT2D eigenvalue weighted by Gasteiger charge is 2.33. The molecule has 0 aliphatic heterocycles. The third kappa shape index (κ3) is 13.8. The number of carboxylic acids is 1. The van der Waals surface area contributed by atoms with Crippen molar-refractivity contribution in [3.05, 3.63) is 73.0 Å². The molecule has 2 N–H and O–H groups in total. The van der Waals surface area contributed by atoms with E-state index in [0.717, 1.165) is 6.08 Å². The Balaban J connectivity index is -0.00000145. The molecule has 0 unspecified atom stereocenters. The number of ketones is 1. The Morgan fingerprint density at radius 1 is 1.00 bits per heavy atom. The lowest BCUT2D eigenvalue weighted by Crippen LogP contribution is -2.38. The van der Waals surface area contributed by atoms with Crippen molar-refractivity contribution in [2.24, 2.45) is 0 Å². The molecule has 0 radical (unpaired) electrons. The quantitative estimate of drug-likeness (QED) is 0.0985. The highest BCUT2D eigenvalue weighted by Crippen LogP contribution is 2.19. The summed E-state index contributed by atoms with van der Waals surface area (Å²) in [6, 6.07) is 6.27. The number of nitrogens with one attached hydrogen (secondary N) is 1. The van der Waals surface area contributed by atoms with Gasteiger partial charge in [0.1, 0.15) is 19.6 Å². The van der Waals surface area contributed by atoms with E-state index in [9.17, 15) is 28.8 Å². The minimum Gasteiger partial charge on any atom is -0.478 e. The molecule has 1 aromatic rings. The van der Waals surface area contributed by atoms with Gasteiger partial charge in [-0.25, -0.2) is 9.59 Å². The van der Waals surface area contributed by atoms with E-state index >= 15 is 0 Å². The molecule has 0 fully saturated rings. The van der Waals surface area contributed by atoms with Crippen molar-refractivity contribution in [3.63, 3.8) is 0 Å². The molecule has 204 valence electrons. The number of hydrogen-bond donors (Lipinski definition) is 2. The lowest BCUT2D eigenvalue weighted by atomic mass is 9.95. The van der Waals surface area contributed by atoms with Gasteiger partial charge in [0.05, 0.1) is 6.42 Å². The number of hydrogen-bond acceptors (Lipinski definition) is 9. The number of benzene rings is 1. The second kappa shape index (κ2) is 16.2. The Kier molecular flexibility index (Phi) is 14.2. The van der Waals surface area contributed by atoms with Crippen LogP contribution < -0.4 is 5.32 Å². The Labute approximate surface area is 217 Å². The van der Waals surface area contributed by atoms with Gasteiger partial charge in [-0.1, -0.05) is 44.0 Å². The van der Waals surface area contributed by atoms with Gasteiger partial charge in [-0.3, -0.25) is 19.2 Å². The Hall–Kier alpha value is -4.54. The van der Waals surface area contributed by atoms with Crippen molar-refractivity contribution in [1.82, 2.24) is 5.32 Å². The Morgan fingerprint density at radius 3 is 2.03 bits per heavy atom. The van der Waals surface area contributed by atoms with Gasteiger partial charge in [0, 0.05) is 20.1 Å². The molecule has 11 heteroatoms. The molecule has 0 aromatic heterocycles. The lowest BCUT2D eigenvalue weighted by Gasteiger charge is -2.23. The number of carbonyl (C=O) groups excluding carboxylic acids is 5. The van der Waals surface area contributed by atoms with Crippen LogP contribution in [0.4, 0.5) is 0 Å². The molecule has 0 aliphatic rings. The highest BCUT2D eigenvalue weighted by molar-refractivity contribution is 6.03. The molecule has 0 atom stereocenters. The van der Waals surface area contributed by atoms with Crippen LogP contribution in [0.3, 0.4) is 0 Å². The number of rotatable bonds is 13. The molecule has 0 spiro atoms. The summed E-state index contributed by atoms with van der Waals surface area (Å²) in [5, 5.41) is 10.3. The number of carboxylic acid groups (broad SMARTS) is 1. The largest absolute Gasteiger partial charge is 0.478 e. The molecule has 1 aromatic carbocycles. The maximum atomic E-state index is 12.7. The maximum Gasteiger partial charge on any atom is 0.330 e. The standard InChI is InChI=1S/C22H25NO8.C4H6O2.2H2/c1-5-18(25)29-11-12-30-19(26)14-20(27)31-22(3,4)21(28)16-9-7-15(8-10-16)13-17(24)23-6-2;1-3(2)4(5)6;;/h5-10H,1-2,11-14H2,3-4H3,(H,23,24);1H2,2H3,(H,5,6);2*1H. The number of Topliss-reactive ketones (excluding diaryl/α,β-unsaturated/α-hetero) is 1. The molecule has 0 heterocycles. The summed E-state index contributed by atoms with van der Waals surface area (Å²) in [7, 11) is 0. The maximum absolute atomic E-state index is 12.7. The van der Waals surface area contributed by atoms with Crippen LogP contribution in [0.1, 0.15) is 46.0 Å². The van der Waals surface area contributed by atoms with E-state index in [1.165, 1.54) is 39.1 Å². The number of carbonyl (C=O) groups is 6. The first kappa shape index (κ1) is 32.5. The number of ether oxygens (including phenoxy) is 3. The molecule has 0 aliphatic carbocycles. The van der Waals surface area contributed by atoms with Gasteiger partial charge in [0.25, 0.3) is 0 Å². The van der Waals surface area contributed by atoms with E-state index in [0.29, 0.717) is 5.56 Å². The fourth-order valence-electron chi connectivity index (χ4n) is 2.36. The Bertz CT molecular complexity index is 1040. The van der Waals surface area contributed by atoms with E-state index in [4.69, 9.17) is 14.6 Å². The molecule has 0 bridgehead atoms. The Morgan fingerprint density at radius 2 is 1.54 bits per heavy atom. The smallest absolute Gasteiger partial charge is 0.330 e. The number of aliphatic carboxylic acids is 1. The van der Waals surface area contributed by atoms with Gasteiger partial charge in [0.15, 0.2) is 5.60 Å². The molecule has 0 saturated carbocycles. The summed E-state index contributed by atoms with van der Waals surface area (Å²) in [6.07, 6.45) is 1.66. The SMILES string of the molecule is C=C(C)C(=O)O.C=CNC(=O)Cc1ccc(C(=O)C(C)(C)OC(=O)CC(=O)OCCOC(=O)C=C)cc1.[HH].[HH]. The second-order valence-corrected chi connectivity index (χ2v) is 7.81. The predicted octanol–water partition coefficient (Wildman–Crippen LogP) is 2.79. The minimum absolute atomic E-state index is 0. The summed E-state index contributed by atoms with van der Waals surface area (Å²) in [4.78, 5) is 68.4.